The summed E-state index contributed by atoms with van der Waals surface area (Å²) in [5, 5.41) is 10.2. The van der Waals surface area contributed by atoms with Gasteiger partial charge in [0.25, 0.3) is 5.91 Å². The van der Waals surface area contributed by atoms with Crippen molar-refractivity contribution in [1.82, 2.24) is 9.80 Å². The second-order valence-corrected chi connectivity index (χ2v) is 5.63. The van der Waals surface area contributed by atoms with E-state index in [1.807, 2.05) is 0 Å². The summed E-state index contributed by atoms with van der Waals surface area (Å²) >= 11 is 0. The molecule has 2 aliphatic heterocycles. The van der Waals surface area contributed by atoms with Gasteiger partial charge in [-0.25, -0.2) is 4.79 Å². The number of aliphatic hydroxyl groups excluding tert-OH is 1. The Morgan fingerprint density at radius 2 is 1.95 bits per heavy atom. The van der Waals surface area contributed by atoms with Crippen LogP contribution in [0, 0.1) is 5.92 Å². The van der Waals surface area contributed by atoms with Crippen molar-refractivity contribution in [1.29, 1.82) is 0 Å². The molecule has 0 unspecified atom stereocenters. The van der Waals surface area contributed by atoms with Gasteiger partial charge < -0.3 is 24.4 Å². The number of hydrogen-bond acceptors (Lipinski definition) is 6. The molecule has 2 rings (SSSR count). The van der Waals surface area contributed by atoms with Gasteiger partial charge in [-0.05, 0) is 19.8 Å². The highest BCUT2D eigenvalue weighted by molar-refractivity contribution is 5.92. The minimum atomic E-state index is -1.39. The van der Waals surface area contributed by atoms with Gasteiger partial charge in [0.05, 0.1) is 19.3 Å². The summed E-state index contributed by atoms with van der Waals surface area (Å²) in [4.78, 5) is 38.9. The van der Waals surface area contributed by atoms with Crippen LogP contribution in [0.4, 0.5) is 4.79 Å². The number of carbonyl (C=O) groups excluding carboxylic acids is 3. The number of carbonyl (C=O) groups is 3. The lowest BCUT2D eigenvalue weighted by molar-refractivity contribution is -0.156. The predicted molar refractivity (Wildman–Crippen MR) is 74.8 cm³/mol. The van der Waals surface area contributed by atoms with Gasteiger partial charge >= 0.3 is 12.1 Å². The van der Waals surface area contributed by atoms with Crippen LogP contribution in [-0.4, -0.2) is 78.4 Å². The number of methoxy groups -OCH3 is 1. The first-order valence-corrected chi connectivity index (χ1v) is 7.34. The molecule has 0 radical (unpaired) electrons. The molecule has 0 aromatic heterocycles. The Hall–Kier alpha value is -1.83. The second-order valence-electron chi connectivity index (χ2n) is 5.63. The minimum absolute atomic E-state index is 0.185. The Bertz CT molecular complexity index is 472. The molecule has 2 atom stereocenters. The molecule has 0 aromatic rings. The molecule has 0 saturated carbocycles. The molecule has 8 nitrogen and oxygen atoms in total. The predicted octanol–water partition coefficient (Wildman–Crippen LogP) is -0.400. The van der Waals surface area contributed by atoms with Gasteiger partial charge in [0.2, 0.25) is 0 Å². The summed E-state index contributed by atoms with van der Waals surface area (Å²) in [6.07, 6.45) is -1.04. The third-order valence-electron chi connectivity index (χ3n) is 4.75. The Kier molecular flexibility index (Phi) is 4.60. The van der Waals surface area contributed by atoms with Gasteiger partial charge in [-0.15, -0.1) is 0 Å². The number of esters is 1. The Labute approximate surface area is 128 Å². The van der Waals surface area contributed by atoms with Crippen molar-refractivity contribution in [2.45, 2.75) is 31.4 Å². The van der Waals surface area contributed by atoms with E-state index in [0.29, 0.717) is 25.9 Å². The standard InChI is InChI=1S/C14H22N2O6/c1-4-22-12(19)9-10(17)11(18)15(2)14(9)5-7-16(8-6-14)13(20)21-3/h9-10,17H,4-8H2,1-3H3/t9-,10+/m0/s1. The lowest BCUT2D eigenvalue weighted by Gasteiger charge is -2.45. The maximum Gasteiger partial charge on any atom is 0.409 e. The zero-order valence-electron chi connectivity index (χ0n) is 13.1. The third kappa shape index (κ3) is 2.41. The molecule has 8 heteroatoms. The highest BCUT2D eigenvalue weighted by atomic mass is 16.5. The summed E-state index contributed by atoms with van der Waals surface area (Å²) in [7, 11) is 2.89. The van der Waals surface area contributed by atoms with Gasteiger partial charge in [0.1, 0.15) is 12.0 Å². The molecule has 124 valence electrons. The molecule has 2 amide bonds. The zero-order valence-corrected chi connectivity index (χ0v) is 13.1. The van der Waals surface area contributed by atoms with Gasteiger partial charge in [0.15, 0.2) is 0 Å². The fourth-order valence-electron chi connectivity index (χ4n) is 3.50. The quantitative estimate of drug-likeness (QED) is 0.697. The molecule has 0 bridgehead atoms. The number of hydrogen-bond donors (Lipinski definition) is 1. The first-order valence-electron chi connectivity index (χ1n) is 7.34. The number of likely N-dealkylation sites (tertiary alicyclic amines) is 2. The average Bonchev–Trinajstić information content (AvgIpc) is 2.69. The number of likely N-dealkylation sites (N-methyl/N-ethyl adjacent to an activating group) is 1. The zero-order chi connectivity index (χ0) is 16.5. The molecule has 2 aliphatic rings. The summed E-state index contributed by atoms with van der Waals surface area (Å²) in [6.45, 7) is 2.57. The van der Waals surface area contributed by atoms with Crippen molar-refractivity contribution in [3.05, 3.63) is 0 Å². The van der Waals surface area contributed by atoms with Crippen molar-refractivity contribution in [2.24, 2.45) is 5.92 Å². The van der Waals surface area contributed by atoms with E-state index in [0.717, 1.165) is 0 Å². The van der Waals surface area contributed by atoms with Crippen LogP contribution in [0.2, 0.25) is 0 Å². The van der Waals surface area contributed by atoms with E-state index in [-0.39, 0.29) is 6.61 Å². The first-order chi connectivity index (χ1) is 10.4. The Morgan fingerprint density at radius 1 is 1.36 bits per heavy atom. The number of aliphatic hydroxyl groups is 1. The third-order valence-corrected chi connectivity index (χ3v) is 4.75. The highest BCUT2D eigenvalue weighted by Crippen LogP contribution is 2.43. The monoisotopic (exact) mass is 314 g/mol. The molecule has 1 spiro atoms. The molecular weight excluding hydrogens is 292 g/mol. The Morgan fingerprint density at radius 3 is 2.45 bits per heavy atom. The van der Waals surface area contributed by atoms with E-state index in [1.165, 1.54) is 16.9 Å². The number of ether oxygens (including phenoxy) is 2. The van der Waals surface area contributed by atoms with Gasteiger partial charge in [-0.3, -0.25) is 9.59 Å². The minimum Gasteiger partial charge on any atom is -0.466 e. The smallest absolute Gasteiger partial charge is 0.409 e. The van der Waals surface area contributed by atoms with Crippen LogP contribution in [-0.2, 0) is 19.1 Å². The summed E-state index contributed by atoms with van der Waals surface area (Å²) < 4.78 is 9.72. The van der Waals surface area contributed by atoms with E-state index in [2.05, 4.69) is 4.74 Å². The van der Waals surface area contributed by atoms with E-state index < -0.39 is 35.5 Å². The molecule has 2 saturated heterocycles. The van der Waals surface area contributed by atoms with Gasteiger partial charge in [-0.2, -0.15) is 0 Å². The van der Waals surface area contributed by atoms with Crippen molar-refractivity contribution in [3.8, 4) is 0 Å². The average molecular weight is 314 g/mol. The maximum absolute atomic E-state index is 12.2. The molecular formula is C14H22N2O6. The number of amides is 2. The number of rotatable bonds is 2. The van der Waals surface area contributed by atoms with Crippen molar-refractivity contribution >= 4 is 18.0 Å². The van der Waals surface area contributed by atoms with E-state index >= 15 is 0 Å². The molecule has 2 heterocycles. The van der Waals surface area contributed by atoms with Crippen LogP contribution in [0.5, 0.6) is 0 Å². The fraction of sp³-hybridized carbons (Fsp3) is 0.786. The second kappa shape index (κ2) is 6.12. The lowest BCUT2D eigenvalue weighted by atomic mass is 9.76. The molecule has 22 heavy (non-hydrogen) atoms. The van der Waals surface area contributed by atoms with Crippen LogP contribution in [0.1, 0.15) is 19.8 Å². The van der Waals surface area contributed by atoms with E-state index in [4.69, 9.17) is 4.74 Å². The largest absolute Gasteiger partial charge is 0.466 e. The molecule has 2 fully saturated rings. The van der Waals surface area contributed by atoms with Crippen LogP contribution in [0.3, 0.4) is 0 Å². The van der Waals surface area contributed by atoms with Crippen LogP contribution in [0.25, 0.3) is 0 Å². The topological polar surface area (TPSA) is 96.4 Å². The number of nitrogens with zero attached hydrogens (tertiary/aromatic N) is 2. The van der Waals surface area contributed by atoms with Gasteiger partial charge in [-0.1, -0.05) is 0 Å². The van der Waals surface area contributed by atoms with Crippen LogP contribution >= 0.6 is 0 Å². The van der Waals surface area contributed by atoms with E-state index in [9.17, 15) is 19.5 Å². The summed E-state index contributed by atoms with van der Waals surface area (Å²) in [6, 6.07) is 0. The van der Waals surface area contributed by atoms with Crippen LogP contribution in [0.15, 0.2) is 0 Å². The van der Waals surface area contributed by atoms with Crippen molar-refractivity contribution in [2.75, 3.05) is 33.9 Å². The van der Waals surface area contributed by atoms with Crippen molar-refractivity contribution in [3.63, 3.8) is 0 Å². The molecule has 0 aromatic carbocycles. The lowest BCUT2D eigenvalue weighted by Crippen LogP contribution is -2.57. The normalized spacial score (nSPS) is 27.2. The van der Waals surface area contributed by atoms with E-state index in [1.54, 1.807) is 14.0 Å². The van der Waals surface area contributed by atoms with Gasteiger partial charge in [0, 0.05) is 20.1 Å². The Balaban J connectivity index is 2.24. The fourth-order valence-corrected chi connectivity index (χ4v) is 3.50. The maximum atomic E-state index is 12.2. The summed E-state index contributed by atoms with van der Waals surface area (Å²) in [5.41, 5.74) is -0.812. The van der Waals surface area contributed by atoms with Crippen molar-refractivity contribution < 1.29 is 29.0 Å². The molecule has 0 aliphatic carbocycles. The summed E-state index contributed by atoms with van der Waals surface area (Å²) in [5.74, 6) is -1.98. The first kappa shape index (κ1) is 16.5. The highest BCUT2D eigenvalue weighted by Gasteiger charge is 2.61. The van der Waals surface area contributed by atoms with Crippen LogP contribution < -0.4 is 0 Å². The number of piperidine rings is 1. The SMILES string of the molecule is CCOC(=O)[C@@H]1[C@@H](O)C(=O)N(C)C12CCN(C(=O)OC)CC2. The molecule has 1 N–H and O–H groups in total.